The third-order valence-corrected chi connectivity index (χ3v) is 4.26. The van der Waals surface area contributed by atoms with Gasteiger partial charge in [-0.05, 0) is 37.6 Å². The number of hydrogen-bond acceptors (Lipinski definition) is 7. The predicted octanol–water partition coefficient (Wildman–Crippen LogP) is 4.37. The van der Waals surface area contributed by atoms with Gasteiger partial charge in [0.25, 0.3) is 5.91 Å². The van der Waals surface area contributed by atoms with Crippen molar-refractivity contribution < 1.29 is 33.1 Å². The van der Waals surface area contributed by atoms with Crippen LogP contribution in [0.15, 0.2) is 30.3 Å². The first-order valence-corrected chi connectivity index (χ1v) is 9.51. The molecule has 1 amide bonds. The van der Waals surface area contributed by atoms with Crippen LogP contribution in [0.3, 0.4) is 0 Å². The van der Waals surface area contributed by atoms with Gasteiger partial charge in [0.1, 0.15) is 0 Å². The second-order valence-corrected chi connectivity index (χ2v) is 6.71. The molecule has 11 heteroatoms. The van der Waals surface area contributed by atoms with E-state index in [-0.39, 0.29) is 27.8 Å². The highest BCUT2D eigenvalue weighted by Crippen LogP contribution is 2.36. The maximum atomic E-state index is 13.4. The van der Waals surface area contributed by atoms with Gasteiger partial charge in [-0.2, -0.15) is 4.39 Å². The molecule has 0 spiro atoms. The molecule has 0 fully saturated rings. The molecule has 0 saturated carbocycles. The molecule has 2 aromatic carbocycles. The lowest BCUT2D eigenvalue weighted by Crippen LogP contribution is -2.30. The zero-order valence-electron chi connectivity index (χ0n) is 16.9. The maximum Gasteiger partial charge on any atom is 0.339 e. The van der Waals surface area contributed by atoms with Crippen LogP contribution in [-0.4, -0.2) is 36.6 Å². The van der Waals surface area contributed by atoms with Gasteiger partial charge in [0.15, 0.2) is 17.6 Å². The summed E-state index contributed by atoms with van der Waals surface area (Å²) in [6.07, 6.45) is -0.523. The summed E-state index contributed by atoms with van der Waals surface area (Å²) in [4.78, 5) is 34.6. The molecule has 0 bridgehead atoms. The molecule has 0 aliphatic carbocycles. The Labute approximate surface area is 182 Å². The Bertz CT molecular complexity index is 1000. The number of anilines is 1. The smallest absolute Gasteiger partial charge is 0.339 e. The normalized spacial score (nSPS) is 11.4. The highest BCUT2D eigenvalue weighted by Gasteiger charge is 2.23. The zero-order valence-corrected chi connectivity index (χ0v) is 17.7. The second-order valence-electron chi connectivity index (χ2n) is 6.30. The fourth-order valence-electron chi connectivity index (χ4n) is 2.44. The molecule has 166 valence electrons. The number of amides is 1. The molecule has 2 rings (SSSR count). The molecule has 0 heterocycles. The van der Waals surface area contributed by atoms with E-state index in [4.69, 9.17) is 25.8 Å². The van der Waals surface area contributed by atoms with Crippen molar-refractivity contribution >= 4 is 34.9 Å². The standard InChI is InChI=1S/C20H20ClFN2O7/c1-4-7-30-18-14(21)8-12(9-17(18)29-3)20(26)31-11(2)19(25)23-13-5-6-15(22)16(10-13)24(27)28/h5-6,8-11H,4,7H2,1-3H3,(H,23,25). The van der Waals surface area contributed by atoms with Crippen LogP contribution in [0.4, 0.5) is 15.8 Å². The van der Waals surface area contributed by atoms with Crippen LogP contribution in [-0.2, 0) is 9.53 Å². The van der Waals surface area contributed by atoms with Crippen LogP contribution < -0.4 is 14.8 Å². The van der Waals surface area contributed by atoms with Crippen LogP contribution in [0.2, 0.25) is 5.02 Å². The van der Waals surface area contributed by atoms with Crippen molar-refractivity contribution in [2.24, 2.45) is 0 Å². The quantitative estimate of drug-likeness (QED) is 0.339. The van der Waals surface area contributed by atoms with Crippen molar-refractivity contribution in [1.82, 2.24) is 0 Å². The lowest BCUT2D eigenvalue weighted by atomic mass is 10.2. The Morgan fingerprint density at radius 2 is 2.00 bits per heavy atom. The second kappa shape index (κ2) is 10.6. The summed E-state index contributed by atoms with van der Waals surface area (Å²) in [5.74, 6) is -2.15. The summed E-state index contributed by atoms with van der Waals surface area (Å²) >= 11 is 6.17. The number of rotatable bonds is 9. The summed E-state index contributed by atoms with van der Waals surface area (Å²) in [7, 11) is 1.39. The number of nitro groups is 1. The van der Waals surface area contributed by atoms with Crippen LogP contribution >= 0.6 is 11.6 Å². The van der Waals surface area contributed by atoms with E-state index in [1.165, 1.54) is 26.2 Å². The van der Waals surface area contributed by atoms with Crippen LogP contribution in [0.1, 0.15) is 30.6 Å². The van der Waals surface area contributed by atoms with Crippen LogP contribution in [0.5, 0.6) is 11.5 Å². The molecule has 1 atom stereocenters. The van der Waals surface area contributed by atoms with Gasteiger partial charge >= 0.3 is 11.7 Å². The molecular formula is C20H20ClFN2O7. The Morgan fingerprint density at radius 1 is 1.29 bits per heavy atom. The van der Waals surface area contributed by atoms with E-state index in [0.29, 0.717) is 6.61 Å². The van der Waals surface area contributed by atoms with Gasteiger partial charge in [-0.3, -0.25) is 14.9 Å². The van der Waals surface area contributed by atoms with Crippen molar-refractivity contribution in [3.63, 3.8) is 0 Å². The van der Waals surface area contributed by atoms with Crippen molar-refractivity contribution in [2.75, 3.05) is 19.0 Å². The molecule has 9 nitrogen and oxygen atoms in total. The summed E-state index contributed by atoms with van der Waals surface area (Å²) < 4.78 is 29.3. The largest absolute Gasteiger partial charge is 0.493 e. The minimum atomic E-state index is -1.27. The van der Waals surface area contributed by atoms with E-state index < -0.39 is 34.4 Å². The topological polar surface area (TPSA) is 117 Å². The first kappa shape index (κ1) is 23.9. The molecule has 1 unspecified atom stereocenters. The first-order valence-electron chi connectivity index (χ1n) is 9.14. The number of ether oxygens (including phenoxy) is 3. The van der Waals surface area contributed by atoms with Crippen molar-refractivity contribution in [3.8, 4) is 11.5 Å². The summed E-state index contributed by atoms with van der Waals surface area (Å²) in [5.41, 5.74) is -0.791. The molecule has 0 aromatic heterocycles. The fourth-order valence-corrected chi connectivity index (χ4v) is 2.70. The Balaban J connectivity index is 2.11. The number of nitrogens with zero attached hydrogens (tertiary/aromatic N) is 1. The Kier molecular flexibility index (Phi) is 8.14. The molecular weight excluding hydrogens is 435 g/mol. The van der Waals surface area contributed by atoms with Crippen LogP contribution in [0.25, 0.3) is 0 Å². The van der Waals surface area contributed by atoms with Gasteiger partial charge in [-0.15, -0.1) is 0 Å². The van der Waals surface area contributed by atoms with Gasteiger partial charge in [-0.1, -0.05) is 18.5 Å². The predicted molar refractivity (Wildman–Crippen MR) is 110 cm³/mol. The molecule has 0 aliphatic rings. The third kappa shape index (κ3) is 6.05. The van der Waals surface area contributed by atoms with E-state index in [1.807, 2.05) is 6.92 Å². The number of nitrogens with one attached hydrogen (secondary N) is 1. The van der Waals surface area contributed by atoms with Gasteiger partial charge in [0.05, 0.1) is 29.2 Å². The molecule has 31 heavy (non-hydrogen) atoms. The third-order valence-electron chi connectivity index (χ3n) is 3.98. The molecule has 2 aromatic rings. The number of halogens is 2. The van der Waals surface area contributed by atoms with E-state index in [2.05, 4.69) is 5.32 Å². The zero-order chi connectivity index (χ0) is 23.1. The van der Waals surface area contributed by atoms with Crippen molar-refractivity contribution in [3.05, 3.63) is 56.8 Å². The van der Waals surface area contributed by atoms with E-state index in [9.17, 15) is 24.1 Å². The highest BCUT2D eigenvalue weighted by molar-refractivity contribution is 6.32. The minimum Gasteiger partial charge on any atom is -0.493 e. The molecule has 1 N–H and O–H groups in total. The van der Waals surface area contributed by atoms with Gasteiger partial charge in [0, 0.05) is 11.8 Å². The van der Waals surface area contributed by atoms with Crippen molar-refractivity contribution in [1.29, 1.82) is 0 Å². The van der Waals surface area contributed by atoms with E-state index >= 15 is 0 Å². The maximum absolute atomic E-state index is 13.4. The molecule has 0 saturated heterocycles. The number of carbonyl (C=O) groups is 2. The molecule has 0 aliphatic heterocycles. The number of benzene rings is 2. The Morgan fingerprint density at radius 3 is 2.61 bits per heavy atom. The number of hydrogen-bond donors (Lipinski definition) is 1. The summed E-state index contributed by atoms with van der Waals surface area (Å²) in [6, 6.07) is 5.55. The van der Waals surface area contributed by atoms with Gasteiger partial charge in [0.2, 0.25) is 5.82 Å². The van der Waals surface area contributed by atoms with Crippen LogP contribution in [0, 0.1) is 15.9 Å². The lowest BCUT2D eigenvalue weighted by molar-refractivity contribution is -0.387. The average molecular weight is 455 g/mol. The van der Waals surface area contributed by atoms with E-state index in [0.717, 1.165) is 24.6 Å². The Hall–Kier alpha value is -3.40. The van der Waals surface area contributed by atoms with Gasteiger partial charge < -0.3 is 19.5 Å². The summed E-state index contributed by atoms with van der Waals surface area (Å²) in [5, 5.41) is 13.3. The number of nitro benzene ring substituents is 1. The SMILES string of the molecule is CCCOc1c(Cl)cc(C(=O)OC(C)C(=O)Nc2ccc(F)c([N+](=O)[O-])c2)cc1OC. The fraction of sp³-hybridized carbons (Fsp3) is 0.300. The number of esters is 1. The van der Waals surface area contributed by atoms with E-state index in [1.54, 1.807) is 0 Å². The lowest BCUT2D eigenvalue weighted by Gasteiger charge is -2.16. The monoisotopic (exact) mass is 454 g/mol. The first-order chi connectivity index (χ1) is 14.7. The van der Waals surface area contributed by atoms with Crippen molar-refractivity contribution in [2.45, 2.75) is 26.4 Å². The number of carbonyl (C=O) groups excluding carboxylic acids is 2. The van der Waals surface area contributed by atoms with Gasteiger partial charge in [-0.25, -0.2) is 4.79 Å². The molecule has 0 radical (unpaired) electrons. The number of methoxy groups -OCH3 is 1. The minimum absolute atomic E-state index is 0.0249. The summed E-state index contributed by atoms with van der Waals surface area (Å²) in [6.45, 7) is 3.63. The highest BCUT2D eigenvalue weighted by atomic mass is 35.5. The average Bonchev–Trinajstić information content (AvgIpc) is 2.73.